The van der Waals surface area contributed by atoms with Gasteiger partial charge in [-0.05, 0) is 31.2 Å². The van der Waals surface area contributed by atoms with E-state index in [1.54, 1.807) is 6.07 Å². The number of carbonyl (C=O) groups excluding carboxylic acids is 2. The number of likely N-dealkylation sites (N-methyl/N-ethyl adjacent to an activating group) is 1. The van der Waals surface area contributed by atoms with E-state index in [-0.39, 0.29) is 18.6 Å². The Morgan fingerprint density at radius 1 is 1.10 bits per heavy atom. The van der Waals surface area contributed by atoms with Gasteiger partial charge in [0.25, 0.3) is 5.91 Å². The zero-order chi connectivity index (χ0) is 21.6. The van der Waals surface area contributed by atoms with Crippen molar-refractivity contribution in [3.8, 4) is 5.75 Å². The molecule has 1 aliphatic heterocycles. The van der Waals surface area contributed by atoms with Crippen LogP contribution in [0.2, 0.25) is 5.02 Å². The number of hydrogen-bond acceptors (Lipinski definition) is 4. The number of amides is 3. The summed E-state index contributed by atoms with van der Waals surface area (Å²) in [5, 5.41) is 3.53. The first-order chi connectivity index (χ1) is 14.5. The van der Waals surface area contributed by atoms with E-state index in [0.29, 0.717) is 30.3 Å². The molecule has 30 heavy (non-hydrogen) atoms. The van der Waals surface area contributed by atoms with Gasteiger partial charge in [-0.15, -0.1) is 0 Å². The third-order valence-electron chi connectivity index (χ3n) is 5.30. The quantitative estimate of drug-likeness (QED) is 0.573. The summed E-state index contributed by atoms with van der Waals surface area (Å²) in [6, 6.07) is 16.4. The van der Waals surface area contributed by atoms with Crippen molar-refractivity contribution >= 4 is 23.5 Å². The number of para-hydroxylation sites is 1. The number of rotatable bonds is 10. The smallest absolute Gasteiger partial charge is 0.326 e. The number of nitrogens with one attached hydrogen (secondary N) is 1. The van der Waals surface area contributed by atoms with Crippen molar-refractivity contribution in [1.29, 1.82) is 0 Å². The third kappa shape index (κ3) is 4.77. The van der Waals surface area contributed by atoms with Gasteiger partial charge in [-0.3, -0.25) is 9.69 Å². The summed E-state index contributed by atoms with van der Waals surface area (Å²) in [6.45, 7) is 3.20. The van der Waals surface area contributed by atoms with Crippen LogP contribution in [0.25, 0.3) is 0 Å². The Bertz CT molecular complexity index is 877. The molecule has 1 heterocycles. The average molecular weight is 430 g/mol. The maximum atomic E-state index is 13.4. The van der Waals surface area contributed by atoms with Gasteiger partial charge in [-0.2, -0.15) is 0 Å². The van der Waals surface area contributed by atoms with Crippen molar-refractivity contribution in [2.45, 2.75) is 31.7 Å². The number of imide groups is 1. The molecule has 1 aliphatic rings. The molecule has 1 N–H and O–H groups in total. The number of halogens is 1. The molecule has 160 valence electrons. The van der Waals surface area contributed by atoms with Crippen LogP contribution >= 0.6 is 11.6 Å². The largest absolute Gasteiger partial charge is 0.491 e. The van der Waals surface area contributed by atoms with Crippen LogP contribution in [0, 0.1) is 0 Å². The number of hydrogen-bond donors (Lipinski definition) is 1. The van der Waals surface area contributed by atoms with Gasteiger partial charge in [0, 0.05) is 6.54 Å². The molecule has 1 saturated heterocycles. The zero-order valence-corrected chi connectivity index (χ0v) is 18.2. The lowest BCUT2D eigenvalue weighted by molar-refractivity contribution is -0.133. The second-order valence-electron chi connectivity index (χ2n) is 7.54. The molecule has 1 atom stereocenters. The van der Waals surface area contributed by atoms with E-state index in [1.165, 1.54) is 4.90 Å². The minimum absolute atomic E-state index is 0.192. The molecule has 6 nitrogen and oxygen atoms in total. The summed E-state index contributed by atoms with van der Waals surface area (Å²) in [7, 11) is 1.85. The van der Waals surface area contributed by atoms with Crippen molar-refractivity contribution in [2.24, 2.45) is 0 Å². The van der Waals surface area contributed by atoms with Crippen LogP contribution in [0.1, 0.15) is 31.7 Å². The molecule has 0 aliphatic carbocycles. The molecule has 1 fully saturated rings. The standard InChI is InChI=1S/C23H28ClN3O3/c1-3-4-14-23(18-10-6-5-7-11-18)21(28)27(22(29)25-23)17-26(2)15-16-30-20-13-9-8-12-19(20)24/h5-13H,3-4,14-17H2,1-2H3,(H,25,29)/t23-/m0/s1. The maximum Gasteiger partial charge on any atom is 0.326 e. The van der Waals surface area contributed by atoms with Gasteiger partial charge < -0.3 is 10.1 Å². The summed E-state index contributed by atoms with van der Waals surface area (Å²) < 4.78 is 5.71. The molecule has 0 saturated carbocycles. The summed E-state index contributed by atoms with van der Waals surface area (Å²) in [6.07, 6.45) is 2.36. The van der Waals surface area contributed by atoms with Gasteiger partial charge in [0.15, 0.2) is 0 Å². The lowest BCUT2D eigenvalue weighted by Gasteiger charge is -2.28. The fraction of sp³-hybridized carbons (Fsp3) is 0.391. The fourth-order valence-corrected chi connectivity index (χ4v) is 3.80. The first-order valence-electron chi connectivity index (χ1n) is 10.2. The van der Waals surface area contributed by atoms with E-state index in [2.05, 4.69) is 12.2 Å². The Labute approximate surface area is 182 Å². The highest BCUT2D eigenvalue weighted by atomic mass is 35.5. The lowest BCUT2D eigenvalue weighted by Crippen LogP contribution is -2.45. The molecule has 7 heteroatoms. The molecule has 2 aromatic rings. The van der Waals surface area contributed by atoms with Crippen molar-refractivity contribution in [3.05, 3.63) is 65.2 Å². The predicted octanol–water partition coefficient (Wildman–Crippen LogP) is 4.25. The minimum atomic E-state index is -0.997. The summed E-state index contributed by atoms with van der Waals surface area (Å²) in [5.74, 6) is 0.413. The van der Waals surface area contributed by atoms with Gasteiger partial charge in [0.2, 0.25) is 0 Å². The monoisotopic (exact) mass is 429 g/mol. The SMILES string of the molecule is CCCC[C@@]1(c2ccccc2)NC(=O)N(CN(C)CCOc2ccccc2Cl)C1=O. The van der Waals surface area contributed by atoms with Crippen LogP contribution in [0.5, 0.6) is 5.75 Å². The highest BCUT2D eigenvalue weighted by Crippen LogP contribution is 2.34. The molecule has 0 bridgehead atoms. The molecule has 0 aromatic heterocycles. The van der Waals surface area contributed by atoms with E-state index >= 15 is 0 Å². The summed E-state index contributed by atoms with van der Waals surface area (Å²) >= 11 is 6.10. The van der Waals surface area contributed by atoms with Crippen LogP contribution in [0.3, 0.4) is 0 Å². The molecule has 2 aromatic carbocycles. The van der Waals surface area contributed by atoms with E-state index < -0.39 is 5.54 Å². The van der Waals surface area contributed by atoms with Crippen LogP contribution < -0.4 is 10.1 Å². The Balaban J connectivity index is 1.65. The van der Waals surface area contributed by atoms with Crippen LogP contribution in [-0.2, 0) is 10.3 Å². The molecule has 0 radical (unpaired) electrons. The molecule has 3 amide bonds. The van der Waals surface area contributed by atoms with Crippen LogP contribution in [0.4, 0.5) is 4.79 Å². The lowest BCUT2D eigenvalue weighted by atomic mass is 9.85. The molecule has 0 spiro atoms. The molecule has 0 unspecified atom stereocenters. The van der Waals surface area contributed by atoms with E-state index in [9.17, 15) is 9.59 Å². The number of ether oxygens (including phenoxy) is 1. The van der Waals surface area contributed by atoms with Crippen molar-refractivity contribution in [2.75, 3.05) is 26.9 Å². The molecular formula is C23H28ClN3O3. The highest BCUT2D eigenvalue weighted by molar-refractivity contribution is 6.32. The van der Waals surface area contributed by atoms with E-state index in [4.69, 9.17) is 16.3 Å². The fourth-order valence-electron chi connectivity index (χ4n) is 3.61. The molecule has 3 rings (SSSR count). The number of urea groups is 1. The molecular weight excluding hydrogens is 402 g/mol. The van der Waals surface area contributed by atoms with Crippen molar-refractivity contribution < 1.29 is 14.3 Å². The predicted molar refractivity (Wildman–Crippen MR) is 117 cm³/mol. The summed E-state index contributed by atoms with van der Waals surface area (Å²) in [4.78, 5) is 29.3. The zero-order valence-electron chi connectivity index (χ0n) is 17.4. The van der Waals surface area contributed by atoms with Crippen LogP contribution in [0.15, 0.2) is 54.6 Å². The van der Waals surface area contributed by atoms with Gasteiger partial charge in [0.1, 0.15) is 17.9 Å². The Morgan fingerprint density at radius 3 is 2.50 bits per heavy atom. The number of unbranched alkanes of at least 4 members (excludes halogenated alkanes) is 1. The Kier molecular flexibility index (Phi) is 7.34. The average Bonchev–Trinajstić information content (AvgIpc) is 2.99. The van der Waals surface area contributed by atoms with Gasteiger partial charge in [-0.25, -0.2) is 9.69 Å². The van der Waals surface area contributed by atoms with Crippen molar-refractivity contribution in [1.82, 2.24) is 15.1 Å². The Morgan fingerprint density at radius 2 is 1.80 bits per heavy atom. The second kappa shape index (κ2) is 9.96. The topological polar surface area (TPSA) is 61.9 Å². The van der Waals surface area contributed by atoms with E-state index in [0.717, 1.165) is 18.4 Å². The van der Waals surface area contributed by atoms with Gasteiger partial charge >= 0.3 is 6.03 Å². The number of benzene rings is 2. The minimum Gasteiger partial charge on any atom is -0.491 e. The Hall–Kier alpha value is -2.57. The first-order valence-corrected chi connectivity index (χ1v) is 10.6. The summed E-state index contributed by atoms with van der Waals surface area (Å²) in [5.41, 5.74) is -0.174. The number of carbonyl (C=O) groups is 2. The third-order valence-corrected chi connectivity index (χ3v) is 5.61. The van der Waals surface area contributed by atoms with Crippen molar-refractivity contribution in [3.63, 3.8) is 0 Å². The normalized spacial score (nSPS) is 18.7. The second-order valence-corrected chi connectivity index (χ2v) is 7.95. The van der Waals surface area contributed by atoms with Gasteiger partial charge in [-0.1, -0.05) is 73.8 Å². The maximum absolute atomic E-state index is 13.4. The number of nitrogens with zero attached hydrogens (tertiary/aromatic N) is 2. The van der Waals surface area contributed by atoms with Crippen LogP contribution in [-0.4, -0.2) is 48.6 Å². The highest BCUT2D eigenvalue weighted by Gasteiger charge is 2.51. The van der Waals surface area contributed by atoms with E-state index in [1.807, 2.05) is 60.5 Å². The van der Waals surface area contributed by atoms with Gasteiger partial charge in [0.05, 0.1) is 11.7 Å². The first kappa shape index (κ1) is 22.1.